The van der Waals surface area contributed by atoms with Gasteiger partial charge in [0.25, 0.3) is 0 Å². The molecule has 10 rings (SSSR count). The number of aromatic nitrogens is 8. The van der Waals surface area contributed by atoms with E-state index >= 15 is 0 Å². The highest BCUT2D eigenvalue weighted by Crippen LogP contribution is 2.40. The van der Waals surface area contributed by atoms with E-state index in [0.717, 1.165) is 76.6 Å². The van der Waals surface area contributed by atoms with Crippen LogP contribution in [0.15, 0.2) is 110 Å². The van der Waals surface area contributed by atoms with Crippen molar-refractivity contribution in [2.24, 2.45) is 5.41 Å². The fourth-order valence-electron chi connectivity index (χ4n) is 8.17. The van der Waals surface area contributed by atoms with Crippen molar-refractivity contribution in [1.29, 1.82) is 0 Å². The second kappa shape index (κ2) is 19.5. The molecule has 15 heteroatoms. The standard InChI is InChI=1S/C23H22Cl2N6.C17H9Cl3N4.C8H16/c1-23(6-10-27-11-7-23)30-22-29-20(15-4-8-26-9-5-15)19(21-28-12-13-31(21)22)16-2-3-17(24)18(25)14-16;18-12-2-1-11(9-13(12)19)14-15(10-3-5-21-6-4-10)23-17(20)24-8-7-22-16(14)24;1-8(2)6-4-3-5-7-8/h2-5,8-9,12-14,27H,6-7,10-11H2,1H3,(H,29,30);1-9H;3-7H2,1-2H3. The number of piperidine rings is 1. The monoisotopic (exact) mass is 938 g/mol. The van der Waals surface area contributed by atoms with E-state index in [1.54, 1.807) is 66.0 Å². The molecule has 2 N–H and O–H groups in total. The Morgan fingerprint density at radius 2 is 1.03 bits per heavy atom. The zero-order valence-corrected chi connectivity index (χ0v) is 39.0. The van der Waals surface area contributed by atoms with Gasteiger partial charge in [-0.05, 0) is 122 Å². The van der Waals surface area contributed by atoms with E-state index in [1.807, 2.05) is 53.1 Å². The second-order valence-corrected chi connectivity index (χ2v) is 18.9. The van der Waals surface area contributed by atoms with Gasteiger partial charge in [-0.25, -0.2) is 19.9 Å². The normalized spacial score (nSPS) is 15.6. The smallest absolute Gasteiger partial charge is 0.209 e. The molecular formula is C48H47Cl5N10. The Kier molecular flexibility index (Phi) is 13.9. The number of imidazole rings is 2. The molecule has 1 aliphatic heterocycles. The third-order valence-corrected chi connectivity index (χ3v) is 13.4. The molecule has 2 fully saturated rings. The van der Waals surface area contributed by atoms with Gasteiger partial charge in [-0.2, -0.15) is 0 Å². The Morgan fingerprint density at radius 3 is 1.52 bits per heavy atom. The minimum Gasteiger partial charge on any atom is -0.350 e. The van der Waals surface area contributed by atoms with Crippen molar-refractivity contribution in [3.05, 3.63) is 136 Å². The molecule has 0 bridgehead atoms. The van der Waals surface area contributed by atoms with Gasteiger partial charge in [0.05, 0.1) is 42.6 Å². The van der Waals surface area contributed by atoms with E-state index in [2.05, 4.69) is 56.3 Å². The number of fused-ring (bicyclic) bond motifs is 2. The summed E-state index contributed by atoms with van der Waals surface area (Å²) in [5.41, 5.74) is 9.00. The lowest BCUT2D eigenvalue weighted by Crippen LogP contribution is -2.45. The molecule has 324 valence electrons. The fraction of sp³-hybridized carbons (Fsp3) is 0.292. The topological polar surface area (TPSA) is 110 Å². The Balaban J connectivity index is 0.000000150. The molecule has 7 heterocycles. The van der Waals surface area contributed by atoms with Gasteiger partial charge in [-0.1, -0.05) is 91.6 Å². The minimum atomic E-state index is -0.0456. The summed E-state index contributed by atoms with van der Waals surface area (Å²) in [6.45, 7) is 8.97. The molecule has 10 nitrogen and oxygen atoms in total. The lowest BCUT2D eigenvalue weighted by Gasteiger charge is -2.35. The summed E-state index contributed by atoms with van der Waals surface area (Å²) in [6.07, 6.45) is 23.5. The van der Waals surface area contributed by atoms with Crippen molar-refractivity contribution < 1.29 is 0 Å². The van der Waals surface area contributed by atoms with Crippen molar-refractivity contribution in [3.8, 4) is 44.8 Å². The first-order chi connectivity index (χ1) is 30.4. The van der Waals surface area contributed by atoms with Gasteiger partial charge in [-0.3, -0.25) is 18.8 Å². The van der Waals surface area contributed by atoms with Gasteiger partial charge >= 0.3 is 0 Å². The zero-order chi connectivity index (χ0) is 44.1. The molecule has 1 saturated carbocycles. The summed E-state index contributed by atoms with van der Waals surface area (Å²) in [6, 6.07) is 18.7. The molecule has 0 amide bonds. The van der Waals surface area contributed by atoms with Crippen LogP contribution in [-0.4, -0.2) is 57.3 Å². The molecule has 0 atom stereocenters. The summed E-state index contributed by atoms with van der Waals surface area (Å²) >= 11 is 31.1. The number of benzene rings is 2. The van der Waals surface area contributed by atoms with E-state index in [0.29, 0.717) is 42.1 Å². The number of halogens is 5. The Hall–Kier alpha value is -4.81. The number of pyridine rings is 2. The van der Waals surface area contributed by atoms with Gasteiger partial charge in [0.15, 0.2) is 0 Å². The van der Waals surface area contributed by atoms with E-state index in [-0.39, 0.29) is 5.54 Å². The maximum atomic E-state index is 6.36. The molecular weight excluding hydrogens is 894 g/mol. The molecule has 2 aliphatic rings. The van der Waals surface area contributed by atoms with Crippen LogP contribution in [-0.2, 0) is 0 Å². The molecule has 2 aromatic carbocycles. The maximum absolute atomic E-state index is 6.36. The Labute approximate surface area is 392 Å². The Bertz CT molecular complexity index is 2830. The lowest BCUT2D eigenvalue weighted by atomic mass is 9.78. The zero-order valence-electron chi connectivity index (χ0n) is 35.2. The predicted molar refractivity (Wildman–Crippen MR) is 259 cm³/mol. The predicted octanol–water partition coefficient (Wildman–Crippen LogP) is 13.7. The third-order valence-electron chi connectivity index (χ3n) is 11.7. The first kappa shape index (κ1) is 44.8. The number of anilines is 1. The first-order valence-electron chi connectivity index (χ1n) is 21.0. The number of nitrogens with one attached hydrogen (secondary N) is 2. The molecule has 0 spiro atoms. The van der Waals surface area contributed by atoms with Crippen molar-refractivity contribution in [2.45, 2.75) is 71.3 Å². The van der Waals surface area contributed by atoms with Crippen molar-refractivity contribution >= 4 is 75.2 Å². The number of hydrogen-bond acceptors (Lipinski definition) is 8. The van der Waals surface area contributed by atoms with Gasteiger partial charge < -0.3 is 10.6 Å². The second-order valence-electron chi connectivity index (χ2n) is 16.9. The van der Waals surface area contributed by atoms with Crippen LogP contribution in [0.4, 0.5) is 5.95 Å². The average molecular weight is 941 g/mol. The highest BCUT2D eigenvalue weighted by atomic mass is 35.5. The highest BCUT2D eigenvalue weighted by molar-refractivity contribution is 6.42. The van der Waals surface area contributed by atoms with Crippen LogP contribution < -0.4 is 10.6 Å². The fourth-order valence-corrected chi connectivity index (χ4v) is 8.99. The molecule has 6 aromatic heterocycles. The van der Waals surface area contributed by atoms with Crippen LogP contribution in [0.1, 0.15) is 65.7 Å². The largest absolute Gasteiger partial charge is 0.350 e. The van der Waals surface area contributed by atoms with E-state index < -0.39 is 0 Å². The summed E-state index contributed by atoms with van der Waals surface area (Å²) in [5.74, 6) is 0.771. The summed E-state index contributed by atoms with van der Waals surface area (Å²) in [4.78, 5) is 27.0. The first-order valence-corrected chi connectivity index (χ1v) is 22.9. The number of rotatable bonds is 6. The summed E-state index contributed by atoms with van der Waals surface area (Å²) in [7, 11) is 0. The van der Waals surface area contributed by atoms with Crippen LogP contribution in [0.25, 0.3) is 56.1 Å². The van der Waals surface area contributed by atoms with Crippen LogP contribution in [0, 0.1) is 5.41 Å². The van der Waals surface area contributed by atoms with Gasteiger partial charge in [0.2, 0.25) is 11.2 Å². The van der Waals surface area contributed by atoms with Crippen LogP contribution >= 0.6 is 58.0 Å². The van der Waals surface area contributed by atoms with Crippen molar-refractivity contribution in [3.63, 3.8) is 0 Å². The van der Waals surface area contributed by atoms with Gasteiger partial charge in [0, 0.05) is 66.2 Å². The molecule has 0 unspecified atom stereocenters. The van der Waals surface area contributed by atoms with E-state index in [1.165, 1.54) is 32.1 Å². The summed E-state index contributed by atoms with van der Waals surface area (Å²) in [5, 5.41) is 9.43. The summed E-state index contributed by atoms with van der Waals surface area (Å²) < 4.78 is 3.74. The van der Waals surface area contributed by atoms with Crippen molar-refractivity contribution in [2.75, 3.05) is 18.4 Å². The van der Waals surface area contributed by atoms with Crippen molar-refractivity contribution in [1.82, 2.24) is 44.0 Å². The van der Waals surface area contributed by atoms with Crippen LogP contribution in [0.3, 0.4) is 0 Å². The molecule has 8 aromatic rings. The maximum Gasteiger partial charge on any atom is 0.209 e. The lowest BCUT2D eigenvalue weighted by molar-refractivity contribution is 0.244. The molecule has 63 heavy (non-hydrogen) atoms. The third kappa shape index (κ3) is 10.3. The minimum absolute atomic E-state index is 0.0456. The highest BCUT2D eigenvalue weighted by Gasteiger charge is 2.29. The molecule has 1 aliphatic carbocycles. The Morgan fingerprint density at radius 1 is 0.540 bits per heavy atom. The van der Waals surface area contributed by atoms with E-state index in [9.17, 15) is 0 Å². The molecule has 1 saturated heterocycles. The number of nitrogens with zero attached hydrogens (tertiary/aromatic N) is 8. The average Bonchev–Trinajstić information content (AvgIpc) is 3.99. The van der Waals surface area contributed by atoms with Crippen LogP contribution in [0.2, 0.25) is 25.4 Å². The van der Waals surface area contributed by atoms with Gasteiger partial charge in [-0.15, -0.1) is 0 Å². The molecule has 0 radical (unpaired) electrons. The van der Waals surface area contributed by atoms with Crippen LogP contribution in [0.5, 0.6) is 0 Å². The van der Waals surface area contributed by atoms with Gasteiger partial charge in [0.1, 0.15) is 11.3 Å². The van der Waals surface area contributed by atoms with E-state index in [4.69, 9.17) is 63.0 Å². The number of hydrogen-bond donors (Lipinski definition) is 2. The SMILES string of the molecule is CC1(C)CCCCC1.CC1(Nc2nc(-c3ccncc3)c(-c3ccc(Cl)c(Cl)c3)c3nccn23)CCNCC1.Clc1ccc(-c2c(-c3ccncc3)nc(Cl)n3ccnc23)cc1Cl. The quantitative estimate of drug-likeness (QED) is 0.159.